The number of aromatic nitrogens is 2. The molecule has 0 unspecified atom stereocenters. The summed E-state index contributed by atoms with van der Waals surface area (Å²) >= 11 is 0. The second-order valence-corrected chi connectivity index (χ2v) is 7.54. The van der Waals surface area contributed by atoms with Gasteiger partial charge in [0.05, 0.1) is 13.5 Å². The number of hydrogen-bond donors (Lipinski definition) is 2. The minimum absolute atomic E-state index is 0.159. The number of pyridine rings is 1. The Balaban J connectivity index is 1.67. The second-order valence-electron chi connectivity index (χ2n) is 7.54. The molecule has 2 aromatic heterocycles. The molecule has 3 rings (SSSR count). The number of nitrogen functional groups attached to an aromatic ring is 1. The Labute approximate surface area is 163 Å². The van der Waals surface area contributed by atoms with Crippen molar-refractivity contribution in [3.63, 3.8) is 0 Å². The van der Waals surface area contributed by atoms with Gasteiger partial charge in [0.1, 0.15) is 11.6 Å². The van der Waals surface area contributed by atoms with E-state index in [1.165, 1.54) is 0 Å². The second kappa shape index (κ2) is 7.72. The van der Waals surface area contributed by atoms with Gasteiger partial charge < -0.3 is 20.3 Å². The van der Waals surface area contributed by atoms with Crippen molar-refractivity contribution in [3.8, 4) is 17.0 Å². The van der Waals surface area contributed by atoms with Crippen LogP contribution in [0.5, 0.6) is 5.88 Å². The summed E-state index contributed by atoms with van der Waals surface area (Å²) in [6.45, 7) is 6.06. The van der Waals surface area contributed by atoms with Crippen molar-refractivity contribution >= 4 is 17.5 Å². The first-order valence-corrected chi connectivity index (χ1v) is 8.93. The van der Waals surface area contributed by atoms with Crippen molar-refractivity contribution in [3.05, 3.63) is 53.8 Å². The van der Waals surface area contributed by atoms with Crippen molar-refractivity contribution < 1.29 is 14.1 Å². The molecule has 3 aromatic rings. The lowest BCUT2D eigenvalue weighted by molar-refractivity contribution is -0.115. The first kappa shape index (κ1) is 19.4. The third-order valence-electron chi connectivity index (χ3n) is 4.22. The van der Waals surface area contributed by atoms with E-state index in [4.69, 9.17) is 15.0 Å². The number of carbonyl (C=O) groups is 1. The van der Waals surface area contributed by atoms with E-state index >= 15 is 0 Å². The number of nitrogens with one attached hydrogen (secondary N) is 1. The number of nitrogens with zero attached hydrogens (tertiary/aromatic N) is 2. The minimum Gasteiger partial charge on any atom is -0.480 e. The smallest absolute Gasteiger partial charge is 0.230 e. The summed E-state index contributed by atoms with van der Waals surface area (Å²) in [4.78, 5) is 16.5. The van der Waals surface area contributed by atoms with Crippen LogP contribution in [0.4, 0.5) is 11.6 Å². The topological polar surface area (TPSA) is 103 Å². The predicted molar refractivity (Wildman–Crippen MR) is 108 cm³/mol. The number of carbonyl (C=O) groups excluding carboxylic acids is 1. The highest BCUT2D eigenvalue weighted by molar-refractivity contribution is 5.91. The fraction of sp³-hybridized carbons (Fsp3) is 0.286. The molecule has 0 saturated carbocycles. The molecule has 3 N–H and O–H groups in total. The molecule has 0 aliphatic carbocycles. The van der Waals surface area contributed by atoms with Gasteiger partial charge in [0, 0.05) is 17.0 Å². The van der Waals surface area contributed by atoms with E-state index in [9.17, 15) is 4.79 Å². The fourth-order valence-corrected chi connectivity index (χ4v) is 2.69. The highest BCUT2D eigenvalue weighted by Gasteiger charge is 2.20. The van der Waals surface area contributed by atoms with Crippen LogP contribution in [-0.4, -0.2) is 23.2 Å². The summed E-state index contributed by atoms with van der Waals surface area (Å²) in [5.41, 5.74) is 8.18. The zero-order valence-corrected chi connectivity index (χ0v) is 16.4. The number of rotatable bonds is 5. The quantitative estimate of drug-likeness (QED) is 0.698. The normalized spacial score (nSPS) is 11.3. The average molecular weight is 380 g/mol. The molecule has 146 valence electrons. The van der Waals surface area contributed by atoms with Crippen molar-refractivity contribution in [1.29, 1.82) is 0 Å². The zero-order chi connectivity index (χ0) is 20.3. The van der Waals surface area contributed by atoms with E-state index in [1.54, 1.807) is 19.2 Å². The van der Waals surface area contributed by atoms with Crippen molar-refractivity contribution in [2.24, 2.45) is 0 Å². The van der Waals surface area contributed by atoms with Crippen LogP contribution in [0.3, 0.4) is 0 Å². The third kappa shape index (κ3) is 4.49. The molecule has 7 nitrogen and oxygen atoms in total. The molecule has 7 heteroatoms. The van der Waals surface area contributed by atoms with E-state index < -0.39 is 0 Å². The van der Waals surface area contributed by atoms with Crippen LogP contribution in [0.25, 0.3) is 11.1 Å². The predicted octanol–water partition coefficient (Wildman–Crippen LogP) is 3.81. The molecule has 1 amide bonds. The maximum absolute atomic E-state index is 12.3. The monoisotopic (exact) mass is 380 g/mol. The standard InChI is InChI=1S/C21H24N4O3/c1-21(2,3)16-12-18(25-28-16)24-19(26)11-13-5-7-14(8-6-13)15-9-10-17(22)23-20(15)27-4/h5-10,12H,11H2,1-4H3,(H2,22,23)(H,24,25,26). The first-order chi connectivity index (χ1) is 13.3. The van der Waals surface area contributed by atoms with Gasteiger partial charge in [0.25, 0.3) is 0 Å². The van der Waals surface area contributed by atoms with Crippen molar-refractivity contribution in [2.45, 2.75) is 32.6 Å². The summed E-state index contributed by atoms with van der Waals surface area (Å²) in [6.07, 6.45) is 0.231. The van der Waals surface area contributed by atoms with E-state index in [-0.39, 0.29) is 17.7 Å². The number of benzene rings is 1. The number of amides is 1. The highest BCUT2D eigenvalue weighted by atomic mass is 16.5. The lowest BCUT2D eigenvalue weighted by atomic mass is 9.93. The largest absolute Gasteiger partial charge is 0.480 e. The molecule has 28 heavy (non-hydrogen) atoms. The van der Waals surface area contributed by atoms with Gasteiger partial charge in [-0.15, -0.1) is 0 Å². The Morgan fingerprint density at radius 2 is 1.89 bits per heavy atom. The van der Waals surface area contributed by atoms with E-state index in [1.807, 2.05) is 51.1 Å². The Hall–Kier alpha value is -3.35. The molecule has 0 aliphatic rings. The number of anilines is 2. The number of ether oxygens (including phenoxy) is 1. The third-order valence-corrected chi connectivity index (χ3v) is 4.22. The lowest BCUT2D eigenvalue weighted by Crippen LogP contribution is -2.14. The summed E-state index contributed by atoms with van der Waals surface area (Å²) in [7, 11) is 1.55. The summed E-state index contributed by atoms with van der Waals surface area (Å²) in [5.74, 6) is 1.85. The summed E-state index contributed by atoms with van der Waals surface area (Å²) in [5, 5.41) is 6.67. The van der Waals surface area contributed by atoms with E-state index in [2.05, 4.69) is 15.5 Å². The molecule has 2 heterocycles. The number of hydrogen-bond acceptors (Lipinski definition) is 6. The van der Waals surface area contributed by atoms with Gasteiger partial charge in [0.15, 0.2) is 5.82 Å². The number of methoxy groups -OCH3 is 1. The maximum atomic E-state index is 12.3. The Kier molecular flexibility index (Phi) is 5.35. The molecule has 0 radical (unpaired) electrons. The molecule has 0 bridgehead atoms. The SMILES string of the molecule is COc1nc(N)ccc1-c1ccc(CC(=O)Nc2cc(C(C)(C)C)on2)cc1. The Bertz CT molecular complexity index is 972. The van der Waals surface area contributed by atoms with Crippen molar-refractivity contribution in [2.75, 3.05) is 18.2 Å². The first-order valence-electron chi connectivity index (χ1n) is 8.93. The highest BCUT2D eigenvalue weighted by Crippen LogP contribution is 2.29. The summed E-state index contributed by atoms with van der Waals surface area (Å²) in [6, 6.07) is 13.0. The molecule has 0 fully saturated rings. The lowest BCUT2D eigenvalue weighted by Gasteiger charge is -2.12. The van der Waals surface area contributed by atoms with Crippen LogP contribution < -0.4 is 15.8 Å². The van der Waals surface area contributed by atoms with Crippen LogP contribution >= 0.6 is 0 Å². The molecule has 0 spiro atoms. The van der Waals surface area contributed by atoms with E-state index in [0.717, 1.165) is 22.5 Å². The van der Waals surface area contributed by atoms with Gasteiger partial charge in [-0.3, -0.25) is 4.79 Å². The minimum atomic E-state index is -0.163. The zero-order valence-electron chi connectivity index (χ0n) is 16.4. The molecule has 0 aliphatic heterocycles. The van der Waals surface area contributed by atoms with Gasteiger partial charge in [-0.25, -0.2) is 0 Å². The molecular weight excluding hydrogens is 356 g/mol. The molecule has 0 saturated heterocycles. The molecule has 1 aromatic carbocycles. The average Bonchev–Trinajstić information content (AvgIpc) is 3.11. The van der Waals surface area contributed by atoms with Crippen LogP contribution in [0.2, 0.25) is 0 Å². The van der Waals surface area contributed by atoms with Crippen molar-refractivity contribution in [1.82, 2.24) is 10.1 Å². The summed E-state index contributed by atoms with van der Waals surface area (Å²) < 4.78 is 10.6. The Morgan fingerprint density at radius 3 is 2.50 bits per heavy atom. The number of nitrogens with two attached hydrogens (primary N) is 1. The van der Waals surface area contributed by atoms with Gasteiger partial charge in [-0.05, 0) is 23.3 Å². The van der Waals surface area contributed by atoms with Gasteiger partial charge in [0.2, 0.25) is 11.8 Å². The van der Waals surface area contributed by atoms with Gasteiger partial charge in [-0.1, -0.05) is 50.2 Å². The van der Waals surface area contributed by atoms with Crippen LogP contribution in [0.15, 0.2) is 47.0 Å². The van der Waals surface area contributed by atoms with Gasteiger partial charge in [-0.2, -0.15) is 4.98 Å². The Morgan fingerprint density at radius 1 is 1.18 bits per heavy atom. The fourth-order valence-electron chi connectivity index (χ4n) is 2.69. The van der Waals surface area contributed by atoms with Crippen LogP contribution in [0, 0.1) is 0 Å². The molecular formula is C21H24N4O3. The molecule has 0 atom stereocenters. The van der Waals surface area contributed by atoms with Crippen LogP contribution in [-0.2, 0) is 16.6 Å². The maximum Gasteiger partial charge on any atom is 0.230 e. The van der Waals surface area contributed by atoms with Gasteiger partial charge >= 0.3 is 0 Å². The van der Waals surface area contributed by atoms with Crippen LogP contribution in [0.1, 0.15) is 32.1 Å². The van der Waals surface area contributed by atoms with E-state index in [0.29, 0.717) is 17.5 Å².